The number of nitrogens with zero attached hydrogens (tertiary/aromatic N) is 3. The number of thioether (sulfide) groups is 1. The molecule has 0 aliphatic carbocycles. The van der Waals surface area contributed by atoms with Gasteiger partial charge < -0.3 is 14.4 Å². The highest BCUT2D eigenvalue weighted by Crippen LogP contribution is 2.33. The minimum Gasteiger partial charge on any atom is -0.454 e. The van der Waals surface area contributed by atoms with Crippen LogP contribution in [-0.2, 0) is 17.8 Å². The molecular weight excluding hydrogens is 470 g/mol. The molecule has 3 aromatic rings. The molecule has 0 radical (unpaired) electrons. The van der Waals surface area contributed by atoms with E-state index in [1.807, 2.05) is 52.7 Å². The molecule has 0 spiro atoms. The monoisotopic (exact) mass is 495 g/mol. The highest BCUT2D eigenvalue weighted by molar-refractivity contribution is 8.01. The smallest absolute Gasteiger partial charge is 0.231 e. The number of amides is 1. The Balaban J connectivity index is 1.06. The van der Waals surface area contributed by atoms with Gasteiger partial charge in [0.1, 0.15) is 0 Å². The Bertz CT molecular complexity index is 1160. The number of ether oxygens (including phenoxy) is 2. The molecular formula is C25H25N3O4S2. The Labute approximate surface area is 206 Å². The van der Waals surface area contributed by atoms with Crippen LogP contribution in [-0.4, -0.2) is 65.2 Å². The molecule has 176 valence electrons. The van der Waals surface area contributed by atoms with Crippen molar-refractivity contribution in [1.82, 2.24) is 14.8 Å². The average Bonchev–Trinajstić information content (AvgIpc) is 3.52. The van der Waals surface area contributed by atoms with Gasteiger partial charge in [0, 0.05) is 43.7 Å². The minimum atomic E-state index is 0.0806. The third-order valence-electron chi connectivity index (χ3n) is 5.85. The van der Waals surface area contributed by atoms with Gasteiger partial charge in [0.05, 0.1) is 17.9 Å². The largest absolute Gasteiger partial charge is 0.454 e. The second kappa shape index (κ2) is 10.6. The van der Waals surface area contributed by atoms with Gasteiger partial charge in [-0.3, -0.25) is 14.5 Å². The Morgan fingerprint density at radius 1 is 1.00 bits per heavy atom. The van der Waals surface area contributed by atoms with Crippen LogP contribution in [0.1, 0.15) is 21.6 Å². The first kappa shape index (κ1) is 22.9. The summed E-state index contributed by atoms with van der Waals surface area (Å²) in [7, 11) is 0. The number of rotatable bonds is 8. The van der Waals surface area contributed by atoms with E-state index in [0.29, 0.717) is 30.8 Å². The Morgan fingerprint density at radius 3 is 2.62 bits per heavy atom. The summed E-state index contributed by atoms with van der Waals surface area (Å²) in [4.78, 5) is 33.9. The number of fused-ring (bicyclic) bond motifs is 1. The molecule has 9 heteroatoms. The van der Waals surface area contributed by atoms with Crippen molar-refractivity contribution in [2.24, 2.45) is 0 Å². The van der Waals surface area contributed by atoms with Crippen LogP contribution in [0.25, 0.3) is 0 Å². The minimum absolute atomic E-state index is 0.0806. The fourth-order valence-electron chi connectivity index (χ4n) is 3.99. The lowest BCUT2D eigenvalue weighted by Gasteiger charge is -2.34. The van der Waals surface area contributed by atoms with Crippen LogP contribution in [0.4, 0.5) is 0 Å². The van der Waals surface area contributed by atoms with Gasteiger partial charge in [0.2, 0.25) is 12.7 Å². The standard InChI is InChI=1S/C25H25N3O4S2/c29-21(19-4-2-1-3-5-19)16-34-25-26-20(15-33-25)13-24(30)28-10-8-27(9-11-28)14-18-6-7-22-23(12-18)32-17-31-22/h1-7,12,15H,8-11,13-14,16-17H2. The number of hydrogen-bond donors (Lipinski definition) is 0. The molecule has 2 aliphatic heterocycles. The van der Waals surface area contributed by atoms with Crippen molar-refractivity contribution >= 4 is 34.8 Å². The average molecular weight is 496 g/mol. The van der Waals surface area contributed by atoms with Crippen LogP contribution >= 0.6 is 23.1 Å². The molecule has 1 fully saturated rings. The summed E-state index contributed by atoms with van der Waals surface area (Å²) < 4.78 is 11.7. The molecule has 2 aromatic carbocycles. The van der Waals surface area contributed by atoms with Gasteiger partial charge >= 0.3 is 0 Å². The number of aromatic nitrogens is 1. The first-order valence-electron chi connectivity index (χ1n) is 11.2. The summed E-state index contributed by atoms with van der Waals surface area (Å²) in [5.41, 5.74) is 2.66. The predicted molar refractivity (Wildman–Crippen MR) is 132 cm³/mol. The van der Waals surface area contributed by atoms with Crippen LogP contribution in [0.15, 0.2) is 58.3 Å². The molecule has 1 saturated heterocycles. The van der Waals surface area contributed by atoms with E-state index in [0.717, 1.165) is 41.2 Å². The van der Waals surface area contributed by atoms with Crippen molar-refractivity contribution in [3.63, 3.8) is 0 Å². The van der Waals surface area contributed by atoms with E-state index >= 15 is 0 Å². The van der Waals surface area contributed by atoms with E-state index in [4.69, 9.17) is 9.47 Å². The molecule has 0 bridgehead atoms. The number of piperazine rings is 1. The normalized spacial score (nSPS) is 15.5. The summed E-state index contributed by atoms with van der Waals surface area (Å²) in [6.45, 7) is 4.19. The van der Waals surface area contributed by atoms with Crippen molar-refractivity contribution in [2.45, 2.75) is 17.3 Å². The molecule has 1 amide bonds. The highest BCUT2D eigenvalue weighted by atomic mass is 32.2. The number of thiazole rings is 1. The van der Waals surface area contributed by atoms with Crippen molar-refractivity contribution in [1.29, 1.82) is 0 Å². The van der Waals surface area contributed by atoms with Gasteiger partial charge in [-0.15, -0.1) is 11.3 Å². The van der Waals surface area contributed by atoms with E-state index < -0.39 is 0 Å². The Morgan fingerprint density at radius 2 is 1.79 bits per heavy atom. The summed E-state index contributed by atoms with van der Waals surface area (Å²) in [5.74, 6) is 2.13. The molecule has 7 nitrogen and oxygen atoms in total. The number of carbonyl (C=O) groups is 2. The van der Waals surface area contributed by atoms with Gasteiger partial charge in [0.15, 0.2) is 21.6 Å². The summed E-state index contributed by atoms with van der Waals surface area (Å²) >= 11 is 2.91. The van der Waals surface area contributed by atoms with Gasteiger partial charge in [-0.05, 0) is 17.7 Å². The molecule has 0 N–H and O–H groups in total. The van der Waals surface area contributed by atoms with Crippen molar-refractivity contribution in [2.75, 3.05) is 38.7 Å². The molecule has 0 unspecified atom stereocenters. The number of carbonyl (C=O) groups excluding carboxylic acids is 2. The van der Waals surface area contributed by atoms with E-state index in [-0.39, 0.29) is 18.5 Å². The maximum Gasteiger partial charge on any atom is 0.231 e. The third-order valence-corrected chi connectivity index (χ3v) is 7.92. The van der Waals surface area contributed by atoms with Crippen molar-refractivity contribution in [3.8, 4) is 11.5 Å². The van der Waals surface area contributed by atoms with Crippen molar-refractivity contribution in [3.05, 3.63) is 70.7 Å². The maximum absolute atomic E-state index is 12.8. The first-order chi connectivity index (χ1) is 16.6. The topological polar surface area (TPSA) is 72.0 Å². The summed E-state index contributed by atoms with van der Waals surface area (Å²) in [6.07, 6.45) is 0.297. The first-order valence-corrected chi connectivity index (χ1v) is 13.0. The van der Waals surface area contributed by atoms with Gasteiger partial charge in [0.25, 0.3) is 0 Å². The maximum atomic E-state index is 12.8. The van der Waals surface area contributed by atoms with E-state index in [1.54, 1.807) is 0 Å². The summed E-state index contributed by atoms with van der Waals surface area (Å²) in [6, 6.07) is 15.3. The second-order valence-corrected chi connectivity index (χ2v) is 10.3. The SMILES string of the molecule is O=C(CSc1nc(CC(=O)N2CCN(Cc3ccc4c(c3)OCO4)CC2)cs1)c1ccccc1. The quantitative estimate of drug-likeness (QED) is 0.348. The molecule has 3 heterocycles. The number of benzene rings is 2. The lowest BCUT2D eigenvalue weighted by Crippen LogP contribution is -2.48. The fraction of sp³-hybridized carbons (Fsp3) is 0.320. The highest BCUT2D eigenvalue weighted by Gasteiger charge is 2.23. The van der Waals surface area contributed by atoms with E-state index in [9.17, 15) is 9.59 Å². The lowest BCUT2D eigenvalue weighted by atomic mass is 10.1. The van der Waals surface area contributed by atoms with Crippen LogP contribution < -0.4 is 9.47 Å². The molecule has 0 atom stereocenters. The van der Waals surface area contributed by atoms with E-state index in [1.165, 1.54) is 28.7 Å². The predicted octanol–water partition coefficient (Wildman–Crippen LogP) is 3.73. The molecule has 1 aromatic heterocycles. The Hall–Kier alpha value is -2.88. The van der Waals surface area contributed by atoms with Crippen molar-refractivity contribution < 1.29 is 19.1 Å². The zero-order valence-corrected chi connectivity index (χ0v) is 20.3. The van der Waals surface area contributed by atoms with Crippen LogP contribution in [0, 0.1) is 0 Å². The van der Waals surface area contributed by atoms with E-state index in [2.05, 4.69) is 16.0 Å². The second-order valence-electron chi connectivity index (χ2n) is 8.20. The van der Waals surface area contributed by atoms with Gasteiger partial charge in [-0.2, -0.15) is 0 Å². The molecule has 2 aliphatic rings. The summed E-state index contributed by atoms with van der Waals surface area (Å²) in [5, 5.41) is 1.92. The molecule has 5 rings (SSSR count). The number of hydrogen-bond acceptors (Lipinski definition) is 8. The zero-order valence-electron chi connectivity index (χ0n) is 18.6. The third kappa shape index (κ3) is 5.60. The zero-order chi connectivity index (χ0) is 23.3. The fourth-order valence-corrected chi connectivity index (χ4v) is 5.73. The Kier molecular flexibility index (Phi) is 7.13. The van der Waals surface area contributed by atoms with Crippen LogP contribution in [0.3, 0.4) is 0 Å². The number of Topliss-reactive ketones (excluding diaryl/α,β-unsaturated/α-hetero) is 1. The number of ketones is 1. The lowest BCUT2D eigenvalue weighted by molar-refractivity contribution is -0.132. The van der Waals surface area contributed by atoms with Gasteiger partial charge in [-0.25, -0.2) is 4.98 Å². The molecule has 0 saturated carbocycles. The van der Waals surface area contributed by atoms with Crippen LogP contribution in [0.2, 0.25) is 0 Å². The van der Waals surface area contributed by atoms with Crippen LogP contribution in [0.5, 0.6) is 11.5 Å². The van der Waals surface area contributed by atoms with Gasteiger partial charge in [-0.1, -0.05) is 48.2 Å². The molecule has 34 heavy (non-hydrogen) atoms.